The summed E-state index contributed by atoms with van der Waals surface area (Å²) in [5.41, 5.74) is 0.658. The monoisotopic (exact) mass is 774 g/mol. The molecular weight excluding hydrogens is 737 g/mol. The molecule has 20 heteroatoms. The van der Waals surface area contributed by atoms with Gasteiger partial charge in [-0.15, -0.1) is 11.8 Å². The Morgan fingerprint density at radius 1 is 0.981 bits per heavy atom. The molecule has 1 N–H and O–H groups in total. The van der Waals surface area contributed by atoms with Gasteiger partial charge in [-0.25, -0.2) is 22.7 Å². The highest BCUT2D eigenvalue weighted by Gasteiger charge is 2.61. The normalized spacial score (nSPS) is 22.9. The number of thioether (sulfide) groups is 1. The number of carbonyl (C=O) groups excluding carboxylic acids is 4. The van der Waals surface area contributed by atoms with Gasteiger partial charge >= 0.3 is 12.1 Å². The van der Waals surface area contributed by atoms with Gasteiger partial charge in [0, 0.05) is 67.0 Å². The lowest BCUT2D eigenvalue weighted by Crippen LogP contribution is -2.66. The van der Waals surface area contributed by atoms with Crippen LogP contribution in [0.3, 0.4) is 0 Å². The molecule has 3 aliphatic rings. The van der Waals surface area contributed by atoms with Gasteiger partial charge in [-0.3, -0.25) is 34.7 Å². The number of non-ortho nitro benzene ring substituents is 2. The number of β-lactam (4-membered cyclic amide) rings is 1. The number of ether oxygens (including phenoxy) is 2. The van der Waals surface area contributed by atoms with Crippen molar-refractivity contribution in [1.82, 2.24) is 19.4 Å². The molecule has 2 aromatic rings. The second-order valence-corrected chi connectivity index (χ2v) is 16.4. The number of benzene rings is 2. The van der Waals surface area contributed by atoms with Crippen molar-refractivity contribution in [2.45, 2.75) is 56.9 Å². The molecule has 3 amide bonds. The SMILES string of the molecule is C[C@@H](NS(C)(=O)=O)[C@H]1C(=O)N2C(C(=O)OCc3ccc([N+](=O)[O-])cc3)=C(S[C@H]3C[C@@H](C(=O)N(C)C)N(C(=O)OCc4ccc([N+](=O)[O-])cc4)C3)[C@H](C)[C@H]12. The van der Waals surface area contributed by atoms with Crippen molar-refractivity contribution in [1.29, 1.82) is 0 Å². The van der Waals surface area contributed by atoms with Gasteiger partial charge in [0.2, 0.25) is 21.8 Å². The fourth-order valence-electron chi connectivity index (χ4n) is 6.77. The molecule has 0 aromatic heterocycles. The maximum Gasteiger partial charge on any atom is 0.410 e. The Hall–Kier alpha value is -5.08. The molecule has 5 rings (SSSR count). The topological polar surface area (TPSA) is 229 Å². The Morgan fingerprint density at radius 3 is 2.00 bits per heavy atom. The summed E-state index contributed by atoms with van der Waals surface area (Å²) in [4.78, 5) is 79.4. The van der Waals surface area contributed by atoms with E-state index >= 15 is 0 Å². The molecule has 0 unspecified atom stereocenters. The molecule has 6 atom stereocenters. The van der Waals surface area contributed by atoms with Crippen LogP contribution in [0.15, 0.2) is 59.1 Å². The number of esters is 1. The average Bonchev–Trinajstić information content (AvgIpc) is 3.62. The number of sulfonamides is 1. The maximum atomic E-state index is 13.8. The molecule has 3 aliphatic heterocycles. The number of likely N-dealkylation sites (N-methyl/N-ethyl adjacent to an activating group) is 1. The second-order valence-electron chi connectivity index (χ2n) is 13.3. The standard InChI is InChI=1S/C33H38N6O12S2/c1-18-27-26(19(2)34-53(5,48)49)31(41)37(27)28(32(42)50-16-20-6-10-22(11-7-20)38(44)45)29(18)52-24-14-25(30(40)35(3)4)36(15-24)33(43)51-17-21-8-12-23(13-9-21)39(46)47/h6-13,18-19,24-27,34H,14-17H2,1-5H3/t18-,19-,24+,25+,26-,27-/m1/s1. The van der Waals surface area contributed by atoms with Gasteiger partial charge in [-0.2, -0.15) is 0 Å². The summed E-state index contributed by atoms with van der Waals surface area (Å²) in [6.45, 7) is 2.94. The van der Waals surface area contributed by atoms with E-state index < -0.39 is 73.1 Å². The Balaban J connectivity index is 1.38. The van der Waals surface area contributed by atoms with Crippen molar-refractivity contribution in [3.8, 4) is 0 Å². The van der Waals surface area contributed by atoms with E-state index in [0.717, 1.165) is 6.26 Å². The largest absolute Gasteiger partial charge is 0.456 e. The molecule has 0 spiro atoms. The lowest BCUT2D eigenvalue weighted by molar-refractivity contribution is -0.385. The first-order valence-electron chi connectivity index (χ1n) is 16.4. The fourth-order valence-corrected chi connectivity index (χ4v) is 9.11. The van der Waals surface area contributed by atoms with Gasteiger partial charge in [0.1, 0.15) is 25.0 Å². The molecular formula is C33H38N6O12S2. The average molecular weight is 775 g/mol. The van der Waals surface area contributed by atoms with Gasteiger partial charge < -0.3 is 19.3 Å². The highest BCUT2D eigenvalue weighted by molar-refractivity contribution is 8.03. The van der Waals surface area contributed by atoms with Crippen molar-refractivity contribution in [2.75, 3.05) is 26.9 Å². The van der Waals surface area contributed by atoms with Crippen LogP contribution in [0.1, 0.15) is 31.4 Å². The zero-order valence-corrected chi connectivity index (χ0v) is 31.0. The van der Waals surface area contributed by atoms with Crippen LogP contribution in [0.4, 0.5) is 16.2 Å². The first-order chi connectivity index (χ1) is 24.9. The molecule has 18 nitrogen and oxygen atoms in total. The summed E-state index contributed by atoms with van der Waals surface area (Å²) in [5.74, 6) is -2.95. The predicted molar refractivity (Wildman–Crippen MR) is 189 cm³/mol. The molecule has 2 fully saturated rings. The molecule has 0 radical (unpaired) electrons. The number of nitro groups is 2. The minimum absolute atomic E-state index is 0.0306. The minimum atomic E-state index is -3.67. The van der Waals surface area contributed by atoms with Crippen molar-refractivity contribution in [2.24, 2.45) is 11.8 Å². The van der Waals surface area contributed by atoms with Gasteiger partial charge in [-0.05, 0) is 48.7 Å². The lowest BCUT2D eigenvalue weighted by atomic mass is 9.78. The Bertz CT molecular complexity index is 1950. The summed E-state index contributed by atoms with van der Waals surface area (Å²) < 4.78 is 37.7. The van der Waals surface area contributed by atoms with Crippen LogP contribution in [-0.2, 0) is 47.1 Å². The van der Waals surface area contributed by atoms with Gasteiger partial charge in [0.05, 0.1) is 28.1 Å². The maximum absolute atomic E-state index is 13.8. The summed E-state index contributed by atoms with van der Waals surface area (Å²) in [6, 6.07) is 8.58. The van der Waals surface area contributed by atoms with E-state index in [0.29, 0.717) is 16.0 Å². The molecule has 284 valence electrons. The minimum Gasteiger partial charge on any atom is -0.456 e. The summed E-state index contributed by atoms with van der Waals surface area (Å²) in [5, 5.41) is 21.6. The van der Waals surface area contributed by atoms with Crippen LogP contribution in [0.2, 0.25) is 0 Å². The molecule has 0 aliphatic carbocycles. The Labute approximate surface area is 308 Å². The quantitative estimate of drug-likeness (QED) is 0.134. The number of hydrogen-bond donors (Lipinski definition) is 1. The van der Waals surface area contributed by atoms with Crippen LogP contribution in [0, 0.1) is 32.1 Å². The highest BCUT2D eigenvalue weighted by atomic mass is 32.2. The number of nitro benzene ring substituents is 2. The molecule has 0 saturated carbocycles. The van der Waals surface area contributed by atoms with Gasteiger partial charge in [0.15, 0.2) is 0 Å². The number of amides is 3. The van der Waals surface area contributed by atoms with E-state index in [1.807, 2.05) is 0 Å². The molecule has 3 heterocycles. The van der Waals surface area contributed by atoms with Gasteiger partial charge in [-0.1, -0.05) is 6.92 Å². The Kier molecular flexibility index (Phi) is 11.4. The molecule has 2 saturated heterocycles. The predicted octanol–water partition coefficient (Wildman–Crippen LogP) is 2.77. The van der Waals surface area contributed by atoms with Crippen molar-refractivity contribution >= 4 is 57.0 Å². The van der Waals surface area contributed by atoms with E-state index in [4.69, 9.17) is 9.47 Å². The summed E-state index contributed by atoms with van der Waals surface area (Å²) >= 11 is 1.22. The van der Waals surface area contributed by atoms with E-state index in [-0.39, 0.29) is 49.2 Å². The number of rotatable bonds is 13. The molecule has 53 heavy (non-hydrogen) atoms. The van der Waals surface area contributed by atoms with E-state index in [1.54, 1.807) is 27.9 Å². The van der Waals surface area contributed by atoms with Crippen LogP contribution >= 0.6 is 11.8 Å². The molecule has 2 aromatic carbocycles. The lowest BCUT2D eigenvalue weighted by Gasteiger charge is -2.47. The van der Waals surface area contributed by atoms with E-state index in [1.165, 1.54) is 75.0 Å². The van der Waals surface area contributed by atoms with Crippen molar-refractivity contribution in [3.05, 3.63) is 90.5 Å². The number of hydrogen-bond acceptors (Lipinski definition) is 13. The van der Waals surface area contributed by atoms with Crippen LogP contribution in [-0.4, -0.2) is 107 Å². The van der Waals surface area contributed by atoms with Gasteiger partial charge in [0.25, 0.3) is 11.4 Å². The van der Waals surface area contributed by atoms with Crippen molar-refractivity contribution < 1.29 is 46.9 Å². The molecule has 0 bridgehead atoms. The fraction of sp³-hybridized carbons (Fsp3) is 0.455. The van der Waals surface area contributed by atoms with Crippen molar-refractivity contribution in [3.63, 3.8) is 0 Å². The third kappa shape index (κ3) is 8.44. The Morgan fingerprint density at radius 2 is 1.51 bits per heavy atom. The number of nitrogens with zero attached hydrogens (tertiary/aromatic N) is 5. The second kappa shape index (κ2) is 15.5. The smallest absolute Gasteiger partial charge is 0.410 e. The third-order valence-electron chi connectivity index (χ3n) is 9.26. The third-order valence-corrected chi connectivity index (χ3v) is 11.6. The highest BCUT2D eigenvalue weighted by Crippen LogP contribution is 2.52. The number of fused-ring (bicyclic) bond motifs is 1. The number of carbonyl (C=O) groups is 4. The first-order valence-corrected chi connectivity index (χ1v) is 19.1. The summed E-state index contributed by atoms with van der Waals surface area (Å²) in [6.07, 6.45) is 0.364. The number of likely N-dealkylation sites (tertiary alicyclic amines) is 1. The van der Waals surface area contributed by atoms with E-state index in [9.17, 15) is 47.8 Å². The van der Waals surface area contributed by atoms with Crippen LogP contribution in [0.25, 0.3) is 0 Å². The first kappa shape index (κ1) is 39.1. The number of nitrogens with one attached hydrogen (secondary N) is 1. The zero-order chi connectivity index (χ0) is 38.9. The van der Waals surface area contributed by atoms with E-state index in [2.05, 4.69) is 4.72 Å². The zero-order valence-electron chi connectivity index (χ0n) is 29.4. The van der Waals surface area contributed by atoms with Crippen LogP contribution in [0.5, 0.6) is 0 Å². The van der Waals surface area contributed by atoms with Crippen LogP contribution < -0.4 is 4.72 Å². The summed E-state index contributed by atoms with van der Waals surface area (Å²) in [7, 11) is -0.578.